The number of hydrogen-bond acceptors (Lipinski definition) is 6. The third kappa shape index (κ3) is 6.45. The number of nitrogens with zero attached hydrogens (tertiary/aromatic N) is 1. The number of hydrogen-bond donors (Lipinski definition) is 3. The largest absolute Gasteiger partial charge is 0.495 e. The first-order valence-electron chi connectivity index (χ1n) is 10.9. The summed E-state index contributed by atoms with van der Waals surface area (Å²) in [7, 11) is -2.16. The Morgan fingerprint density at radius 3 is 2.30 bits per heavy atom. The summed E-state index contributed by atoms with van der Waals surface area (Å²) in [5.41, 5.74) is 1.50. The van der Waals surface area contributed by atoms with Crippen LogP contribution in [0.3, 0.4) is 0 Å². The molecule has 9 nitrogen and oxygen atoms in total. The van der Waals surface area contributed by atoms with Crippen LogP contribution in [0.2, 0.25) is 0 Å². The third-order valence-corrected chi connectivity index (χ3v) is 6.80. The summed E-state index contributed by atoms with van der Waals surface area (Å²) in [6.45, 7) is 5.00. The molecule has 0 spiro atoms. The Bertz CT molecular complexity index is 1090. The fraction of sp³-hybridized carbons (Fsp3) is 0.391. The number of anilines is 2. The van der Waals surface area contributed by atoms with Crippen molar-refractivity contribution in [1.82, 2.24) is 9.62 Å². The smallest absolute Gasteiger partial charge is 0.253 e. The van der Waals surface area contributed by atoms with Crippen LogP contribution in [0.4, 0.5) is 11.4 Å². The number of amides is 2. The lowest BCUT2D eigenvalue weighted by Gasteiger charge is -2.18. The van der Waals surface area contributed by atoms with Crippen molar-refractivity contribution < 1.29 is 22.7 Å². The molecule has 1 aliphatic rings. The van der Waals surface area contributed by atoms with E-state index in [0.29, 0.717) is 35.8 Å². The Labute approximate surface area is 194 Å². The average Bonchev–Trinajstić information content (AvgIpc) is 3.62. The van der Waals surface area contributed by atoms with Gasteiger partial charge in [0.25, 0.3) is 5.91 Å². The van der Waals surface area contributed by atoms with Gasteiger partial charge < -0.3 is 20.3 Å². The maximum Gasteiger partial charge on any atom is 0.253 e. The van der Waals surface area contributed by atoms with E-state index in [2.05, 4.69) is 15.4 Å². The second-order valence-corrected chi connectivity index (χ2v) is 9.43. The number of methoxy groups -OCH3 is 1. The lowest BCUT2D eigenvalue weighted by molar-refractivity contribution is -0.114. The molecule has 0 atom stereocenters. The molecule has 1 saturated carbocycles. The van der Waals surface area contributed by atoms with Gasteiger partial charge in [-0.25, -0.2) is 13.1 Å². The predicted molar refractivity (Wildman–Crippen MR) is 127 cm³/mol. The Balaban J connectivity index is 1.62. The highest BCUT2D eigenvalue weighted by Crippen LogP contribution is 2.29. The number of rotatable bonds is 11. The van der Waals surface area contributed by atoms with E-state index in [-0.39, 0.29) is 29.3 Å². The van der Waals surface area contributed by atoms with Crippen LogP contribution in [0.15, 0.2) is 47.4 Å². The van der Waals surface area contributed by atoms with E-state index in [1.165, 1.54) is 19.2 Å². The van der Waals surface area contributed by atoms with Gasteiger partial charge in [-0.1, -0.05) is 0 Å². The summed E-state index contributed by atoms with van der Waals surface area (Å²) in [6, 6.07) is 11.2. The highest BCUT2D eigenvalue weighted by Gasteiger charge is 2.28. The van der Waals surface area contributed by atoms with Gasteiger partial charge in [-0.3, -0.25) is 9.59 Å². The second kappa shape index (κ2) is 10.7. The summed E-state index contributed by atoms with van der Waals surface area (Å²) in [4.78, 5) is 26.6. The van der Waals surface area contributed by atoms with Gasteiger partial charge in [-0.05, 0) is 69.2 Å². The zero-order chi connectivity index (χ0) is 24.0. The van der Waals surface area contributed by atoms with Crippen LogP contribution >= 0.6 is 0 Å². The number of ether oxygens (including phenoxy) is 1. The molecule has 0 unspecified atom stereocenters. The fourth-order valence-corrected chi connectivity index (χ4v) is 4.58. The summed E-state index contributed by atoms with van der Waals surface area (Å²) in [5.74, 6) is 0.0364. The van der Waals surface area contributed by atoms with Crippen molar-refractivity contribution in [2.24, 2.45) is 0 Å². The van der Waals surface area contributed by atoms with Gasteiger partial charge in [0.15, 0.2) is 0 Å². The number of carbonyl (C=O) groups is 2. The van der Waals surface area contributed by atoms with Gasteiger partial charge in [0.2, 0.25) is 15.9 Å². The average molecular weight is 475 g/mol. The van der Waals surface area contributed by atoms with Crippen molar-refractivity contribution in [3.63, 3.8) is 0 Å². The Kier molecular flexibility index (Phi) is 7.93. The minimum Gasteiger partial charge on any atom is -0.495 e. The van der Waals surface area contributed by atoms with Crippen LogP contribution in [-0.2, 0) is 14.8 Å². The van der Waals surface area contributed by atoms with Crippen LogP contribution in [-0.4, -0.2) is 57.9 Å². The first kappa shape index (κ1) is 24.5. The summed E-state index contributed by atoms with van der Waals surface area (Å²) in [5, 5.41) is 5.69. The van der Waals surface area contributed by atoms with E-state index in [9.17, 15) is 18.0 Å². The fourth-order valence-electron chi connectivity index (χ4n) is 3.25. The number of benzene rings is 2. The van der Waals surface area contributed by atoms with Crippen molar-refractivity contribution >= 4 is 33.2 Å². The Morgan fingerprint density at radius 1 is 1.06 bits per heavy atom. The molecule has 178 valence electrons. The molecule has 0 radical (unpaired) electrons. The first-order valence-corrected chi connectivity index (χ1v) is 12.4. The predicted octanol–water partition coefficient (Wildman–Crippen LogP) is 2.67. The number of carbonyl (C=O) groups excluding carboxylic acids is 2. The highest BCUT2D eigenvalue weighted by molar-refractivity contribution is 7.89. The molecule has 3 N–H and O–H groups in total. The van der Waals surface area contributed by atoms with E-state index in [1.807, 2.05) is 13.8 Å². The van der Waals surface area contributed by atoms with Crippen LogP contribution in [0.5, 0.6) is 5.75 Å². The van der Waals surface area contributed by atoms with E-state index in [0.717, 1.165) is 12.8 Å². The van der Waals surface area contributed by atoms with Gasteiger partial charge >= 0.3 is 0 Å². The van der Waals surface area contributed by atoms with E-state index < -0.39 is 10.0 Å². The minimum atomic E-state index is -3.63. The van der Waals surface area contributed by atoms with Crippen molar-refractivity contribution in [3.8, 4) is 5.75 Å². The second-order valence-electron chi connectivity index (χ2n) is 7.71. The molecule has 0 heterocycles. The molecule has 1 aliphatic carbocycles. The molecule has 0 bridgehead atoms. The van der Waals surface area contributed by atoms with Gasteiger partial charge in [-0.15, -0.1) is 0 Å². The Morgan fingerprint density at radius 2 is 1.73 bits per heavy atom. The summed E-state index contributed by atoms with van der Waals surface area (Å²) >= 11 is 0. The van der Waals surface area contributed by atoms with Crippen LogP contribution < -0.4 is 20.1 Å². The van der Waals surface area contributed by atoms with Crippen LogP contribution in [0, 0.1) is 0 Å². The molecular formula is C23H30N4O5S. The van der Waals surface area contributed by atoms with Crippen LogP contribution in [0.25, 0.3) is 0 Å². The lowest BCUT2D eigenvalue weighted by Crippen LogP contribution is -2.30. The molecule has 2 aromatic carbocycles. The third-order valence-electron chi connectivity index (χ3n) is 5.29. The minimum absolute atomic E-state index is 0.00649. The molecule has 33 heavy (non-hydrogen) atoms. The van der Waals surface area contributed by atoms with E-state index >= 15 is 0 Å². The van der Waals surface area contributed by atoms with Crippen molar-refractivity contribution in [1.29, 1.82) is 0 Å². The lowest BCUT2D eigenvalue weighted by atomic mass is 10.1. The van der Waals surface area contributed by atoms with E-state index in [4.69, 9.17) is 4.74 Å². The SMILES string of the molecule is CCN(CC)C(=O)c1ccc(NC(=O)CNc2cc(S(=O)(=O)NC3CC3)ccc2OC)cc1. The molecule has 0 aliphatic heterocycles. The molecule has 10 heteroatoms. The van der Waals surface area contributed by atoms with Crippen molar-refractivity contribution in [2.45, 2.75) is 37.6 Å². The zero-order valence-corrected chi connectivity index (χ0v) is 19.9. The topological polar surface area (TPSA) is 117 Å². The van der Waals surface area contributed by atoms with E-state index in [1.54, 1.807) is 35.2 Å². The first-order chi connectivity index (χ1) is 15.8. The van der Waals surface area contributed by atoms with Gasteiger partial charge in [0, 0.05) is 30.4 Å². The molecule has 2 amide bonds. The zero-order valence-electron chi connectivity index (χ0n) is 19.1. The molecule has 1 fully saturated rings. The quantitative estimate of drug-likeness (QED) is 0.461. The molecular weight excluding hydrogens is 444 g/mol. The molecule has 0 saturated heterocycles. The summed E-state index contributed by atoms with van der Waals surface area (Å²) < 4.78 is 32.9. The van der Waals surface area contributed by atoms with Gasteiger partial charge in [-0.2, -0.15) is 0 Å². The molecule has 2 aromatic rings. The number of sulfonamides is 1. The normalized spacial score (nSPS) is 13.3. The van der Waals surface area contributed by atoms with Crippen molar-refractivity contribution in [2.75, 3.05) is 37.4 Å². The maximum atomic E-state index is 12.5. The standard InChI is InChI=1S/C23H30N4O5S/c1-4-27(5-2)23(29)16-6-8-17(9-7-16)25-22(28)15-24-20-14-19(12-13-21(20)32-3)33(30,31)26-18-10-11-18/h6-9,12-14,18,24,26H,4-5,10-11,15H2,1-3H3,(H,25,28). The monoisotopic (exact) mass is 474 g/mol. The van der Waals surface area contributed by atoms with Crippen LogP contribution in [0.1, 0.15) is 37.0 Å². The molecule has 0 aromatic heterocycles. The molecule has 3 rings (SSSR count). The Hall–Kier alpha value is -3.11. The highest BCUT2D eigenvalue weighted by atomic mass is 32.2. The van der Waals surface area contributed by atoms with Gasteiger partial charge in [0.1, 0.15) is 5.75 Å². The van der Waals surface area contributed by atoms with Gasteiger partial charge in [0.05, 0.1) is 24.2 Å². The number of nitrogens with one attached hydrogen (secondary N) is 3. The van der Waals surface area contributed by atoms with Crippen molar-refractivity contribution in [3.05, 3.63) is 48.0 Å². The maximum absolute atomic E-state index is 12.5. The summed E-state index contributed by atoms with van der Waals surface area (Å²) in [6.07, 6.45) is 1.68.